The lowest BCUT2D eigenvalue weighted by molar-refractivity contribution is -0.119. The van der Waals surface area contributed by atoms with Gasteiger partial charge in [0, 0.05) is 20.6 Å². The third kappa shape index (κ3) is 9.04. The van der Waals surface area contributed by atoms with Gasteiger partial charge in [-0.25, -0.2) is 13.8 Å². The molecule has 0 aromatic heterocycles. The molecule has 0 radical (unpaired) electrons. The van der Waals surface area contributed by atoms with Gasteiger partial charge < -0.3 is 14.2 Å². The molecule has 0 aliphatic rings. The van der Waals surface area contributed by atoms with E-state index in [1.807, 2.05) is 6.92 Å². The highest BCUT2D eigenvalue weighted by atomic mass is 35.5. The fraction of sp³-hybridized carbons (Fsp3) is 0.188. The van der Waals surface area contributed by atoms with E-state index < -0.39 is 22.5 Å². The Hall–Kier alpha value is -3.96. The Morgan fingerprint density at radius 1 is 0.822 bits per heavy atom. The van der Waals surface area contributed by atoms with Gasteiger partial charge in [0.25, 0.3) is 15.9 Å². The van der Waals surface area contributed by atoms with E-state index in [0.717, 1.165) is 9.87 Å². The molecular weight excluding hydrogens is 661 g/mol. The molecule has 236 valence electrons. The average molecular weight is 691 g/mol. The van der Waals surface area contributed by atoms with Crippen LogP contribution in [0.5, 0.6) is 17.2 Å². The topological polar surface area (TPSA) is 107 Å². The maximum Gasteiger partial charge on any atom is 0.264 e. The molecule has 0 spiro atoms. The molecule has 0 bridgehead atoms. The number of ether oxygens (including phenoxy) is 3. The molecule has 0 atom stereocenters. The van der Waals surface area contributed by atoms with Crippen molar-refractivity contribution in [3.8, 4) is 17.2 Å². The van der Waals surface area contributed by atoms with Gasteiger partial charge in [0.05, 0.1) is 30.0 Å². The number of rotatable bonds is 14. The number of carbonyl (C=O) groups excluding carboxylic acids is 1. The van der Waals surface area contributed by atoms with Crippen molar-refractivity contribution in [2.75, 3.05) is 24.1 Å². The van der Waals surface area contributed by atoms with E-state index in [0.29, 0.717) is 51.1 Å². The Kier molecular flexibility index (Phi) is 12.0. The van der Waals surface area contributed by atoms with E-state index in [1.165, 1.54) is 30.5 Å². The van der Waals surface area contributed by atoms with Gasteiger partial charge in [0.2, 0.25) is 0 Å². The van der Waals surface area contributed by atoms with E-state index >= 15 is 0 Å². The number of hydrazone groups is 1. The van der Waals surface area contributed by atoms with Crippen molar-refractivity contribution in [3.63, 3.8) is 0 Å². The van der Waals surface area contributed by atoms with Gasteiger partial charge in [0.1, 0.15) is 18.9 Å². The van der Waals surface area contributed by atoms with Crippen LogP contribution < -0.4 is 23.9 Å². The van der Waals surface area contributed by atoms with Gasteiger partial charge in [0.15, 0.2) is 11.5 Å². The monoisotopic (exact) mass is 689 g/mol. The van der Waals surface area contributed by atoms with Crippen LogP contribution in [0.2, 0.25) is 15.1 Å². The van der Waals surface area contributed by atoms with Crippen molar-refractivity contribution in [2.45, 2.75) is 25.3 Å². The summed E-state index contributed by atoms with van der Waals surface area (Å²) < 4.78 is 45.7. The van der Waals surface area contributed by atoms with Crippen molar-refractivity contribution >= 4 is 62.6 Å². The smallest absolute Gasteiger partial charge is 0.264 e. The molecule has 1 N–H and O–H groups in total. The average Bonchev–Trinajstić information content (AvgIpc) is 3.01. The lowest BCUT2D eigenvalue weighted by atomic mass is 10.2. The van der Waals surface area contributed by atoms with Crippen LogP contribution in [0.3, 0.4) is 0 Å². The Labute approximate surface area is 277 Å². The largest absolute Gasteiger partial charge is 0.492 e. The minimum Gasteiger partial charge on any atom is -0.492 e. The summed E-state index contributed by atoms with van der Waals surface area (Å²) >= 11 is 18.2. The number of carbonyl (C=O) groups is 1. The standard InChI is InChI=1S/C32H30Cl3N3O6S/c1-3-42-29-8-6-5-7-28(29)38(45(40,41)26-14-12-24(33)13-15-26)20-32(39)37-36-19-22-9-16-30(31(17-22)43-4-2)44-21-23-10-11-25(34)18-27(23)35/h5-19H,3-4,20-21H2,1-2H3,(H,37,39)/b36-19-. The second-order valence-corrected chi connectivity index (χ2v) is 12.5. The minimum absolute atomic E-state index is 0.0430. The van der Waals surface area contributed by atoms with E-state index in [1.54, 1.807) is 67.6 Å². The third-order valence-corrected chi connectivity index (χ3v) is 8.80. The first-order chi connectivity index (χ1) is 21.6. The van der Waals surface area contributed by atoms with Gasteiger partial charge in [-0.05, 0) is 86.1 Å². The number of nitrogens with one attached hydrogen (secondary N) is 1. The molecule has 0 aliphatic heterocycles. The van der Waals surface area contributed by atoms with Crippen LogP contribution >= 0.6 is 34.8 Å². The quantitative estimate of drug-likeness (QED) is 0.109. The van der Waals surface area contributed by atoms with Crippen LogP contribution in [0.4, 0.5) is 5.69 Å². The van der Waals surface area contributed by atoms with Crippen molar-refractivity contribution in [3.05, 3.63) is 111 Å². The predicted octanol–water partition coefficient (Wildman–Crippen LogP) is 7.37. The summed E-state index contributed by atoms with van der Waals surface area (Å²) in [6.45, 7) is 3.93. The molecule has 9 nitrogen and oxygen atoms in total. The summed E-state index contributed by atoms with van der Waals surface area (Å²) in [5.74, 6) is 0.573. The van der Waals surface area contributed by atoms with Crippen molar-refractivity contribution < 1.29 is 27.4 Å². The summed E-state index contributed by atoms with van der Waals surface area (Å²) in [7, 11) is -4.19. The molecule has 0 aliphatic carbocycles. The predicted molar refractivity (Wildman–Crippen MR) is 178 cm³/mol. The number of anilines is 1. The molecule has 13 heteroatoms. The van der Waals surface area contributed by atoms with Gasteiger partial charge >= 0.3 is 0 Å². The molecule has 0 saturated heterocycles. The minimum atomic E-state index is -4.19. The number of sulfonamides is 1. The fourth-order valence-electron chi connectivity index (χ4n) is 4.11. The number of nitrogens with zero attached hydrogens (tertiary/aromatic N) is 2. The van der Waals surface area contributed by atoms with Gasteiger partial charge in [-0.3, -0.25) is 9.10 Å². The van der Waals surface area contributed by atoms with E-state index in [2.05, 4.69) is 10.5 Å². The molecule has 0 fully saturated rings. The van der Waals surface area contributed by atoms with Crippen LogP contribution in [0.1, 0.15) is 25.0 Å². The summed E-state index contributed by atoms with van der Waals surface area (Å²) in [4.78, 5) is 13.0. The SMILES string of the molecule is CCOc1cc(/C=N\NC(=O)CN(c2ccccc2OCC)S(=O)(=O)c2ccc(Cl)cc2)ccc1OCc1ccc(Cl)cc1Cl. The van der Waals surface area contributed by atoms with Crippen LogP contribution in [-0.4, -0.2) is 40.3 Å². The molecule has 1 amide bonds. The first-order valence-corrected chi connectivity index (χ1v) is 16.3. The fourth-order valence-corrected chi connectivity index (χ4v) is 6.13. The van der Waals surface area contributed by atoms with Crippen LogP contribution in [-0.2, 0) is 21.4 Å². The third-order valence-electron chi connectivity index (χ3n) is 6.19. The highest BCUT2D eigenvalue weighted by Gasteiger charge is 2.29. The molecule has 0 unspecified atom stereocenters. The van der Waals surface area contributed by atoms with E-state index in [9.17, 15) is 13.2 Å². The molecule has 45 heavy (non-hydrogen) atoms. The summed E-state index contributed by atoms with van der Waals surface area (Å²) in [6, 6.07) is 22.5. The van der Waals surface area contributed by atoms with Crippen molar-refractivity contribution in [2.24, 2.45) is 5.10 Å². The van der Waals surface area contributed by atoms with Gasteiger partial charge in [-0.15, -0.1) is 0 Å². The maximum atomic E-state index is 13.7. The highest BCUT2D eigenvalue weighted by molar-refractivity contribution is 7.92. The highest BCUT2D eigenvalue weighted by Crippen LogP contribution is 2.33. The maximum absolute atomic E-state index is 13.7. The molecule has 0 heterocycles. The zero-order valence-corrected chi connectivity index (χ0v) is 27.5. The molecule has 4 aromatic rings. The second kappa shape index (κ2) is 15.9. The Balaban J connectivity index is 1.51. The Morgan fingerprint density at radius 3 is 2.22 bits per heavy atom. The number of halogens is 3. The van der Waals surface area contributed by atoms with Crippen molar-refractivity contribution in [1.82, 2.24) is 5.43 Å². The Morgan fingerprint density at radius 2 is 1.51 bits per heavy atom. The van der Waals surface area contributed by atoms with Gasteiger partial charge in [-0.2, -0.15) is 5.10 Å². The molecule has 0 saturated carbocycles. The van der Waals surface area contributed by atoms with Crippen LogP contribution in [0.25, 0.3) is 0 Å². The Bertz CT molecular complexity index is 1770. The zero-order valence-electron chi connectivity index (χ0n) is 24.4. The van der Waals surface area contributed by atoms with E-state index in [4.69, 9.17) is 49.0 Å². The number of para-hydroxylation sites is 2. The van der Waals surface area contributed by atoms with Gasteiger partial charge in [-0.1, -0.05) is 53.0 Å². The zero-order chi connectivity index (χ0) is 32.4. The van der Waals surface area contributed by atoms with E-state index in [-0.39, 0.29) is 17.2 Å². The second-order valence-electron chi connectivity index (χ2n) is 9.32. The lowest BCUT2D eigenvalue weighted by Gasteiger charge is -2.25. The molecule has 4 rings (SSSR count). The summed E-state index contributed by atoms with van der Waals surface area (Å²) in [5, 5.41) is 5.43. The first-order valence-electron chi connectivity index (χ1n) is 13.8. The molecular formula is C32H30Cl3N3O6S. The van der Waals surface area contributed by atoms with Crippen LogP contribution in [0.15, 0.2) is 94.9 Å². The van der Waals surface area contributed by atoms with Crippen LogP contribution in [0, 0.1) is 0 Å². The summed E-state index contributed by atoms with van der Waals surface area (Å²) in [5.41, 5.74) is 3.96. The number of benzene rings is 4. The molecule has 4 aromatic carbocycles. The summed E-state index contributed by atoms with van der Waals surface area (Å²) in [6.07, 6.45) is 1.41. The lowest BCUT2D eigenvalue weighted by Crippen LogP contribution is -2.39. The normalized spacial score (nSPS) is 11.3. The number of amides is 1. The first kappa shape index (κ1) is 33.9. The number of hydrogen-bond donors (Lipinski definition) is 1. The number of hydrogen-bond acceptors (Lipinski definition) is 7. The van der Waals surface area contributed by atoms with Crippen molar-refractivity contribution in [1.29, 1.82) is 0 Å².